The third-order valence-corrected chi connectivity index (χ3v) is 5.22. The molecule has 2 aromatic heterocycles. The molecule has 0 spiro atoms. The van der Waals surface area contributed by atoms with E-state index < -0.39 is 6.10 Å². The van der Waals surface area contributed by atoms with E-state index in [1.54, 1.807) is 60.4 Å². The summed E-state index contributed by atoms with van der Waals surface area (Å²) in [6.45, 7) is 0.114. The number of nitrogens with two attached hydrogens (primary N) is 1. The fraction of sp³-hybridized carbons (Fsp3) is 0.125. The van der Waals surface area contributed by atoms with Crippen molar-refractivity contribution < 1.29 is 9.84 Å². The molecule has 0 aliphatic carbocycles. The smallest absolute Gasteiger partial charge is 0.218 e. The van der Waals surface area contributed by atoms with Crippen molar-refractivity contribution >= 4 is 11.6 Å². The lowest BCUT2D eigenvalue weighted by atomic mass is 10.1. The molecule has 3 N–H and O–H groups in total. The summed E-state index contributed by atoms with van der Waals surface area (Å²) in [5, 5.41) is 24.4. The summed E-state index contributed by atoms with van der Waals surface area (Å²) < 4.78 is 7.80. The molecule has 4 rings (SSSR count). The maximum atomic E-state index is 9.91. The summed E-state index contributed by atoms with van der Waals surface area (Å²) in [5.41, 5.74) is 9.58. The molecule has 0 aliphatic heterocycles. The number of hydrogen-bond donors (Lipinski definition) is 2. The number of rotatable bonds is 6. The van der Waals surface area contributed by atoms with Crippen LogP contribution in [0, 0.1) is 11.3 Å². The Morgan fingerprint density at radius 3 is 2.56 bits per heavy atom. The summed E-state index contributed by atoms with van der Waals surface area (Å²) in [4.78, 5) is 4.45. The Balaban J connectivity index is 1.70. The number of ether oxygens (including phenoxy) is 1. The van der Waals surface area contributed by atoms with E-state index >= 15 is 0 Å². The summed E-state index contributed by atoms with van der Waals surface area (Å²) in [7, 11) is 1.78. The average Bonchev–Trinajstić information content (AvgIpc) is 3.19. The molecule has 160 valence electrons. The number of pyridine rings is 1. The Labute approximate surface area is 190 Å². The molecule has 0 saturated carbocycles. The van der Waals surface area contributed by atoms with E-state index in [1.807, 2.05) is 18.2 Å². The molecule has 0 unspecified atom stereocenters. The minimum absolute atomic E-state index is 0.114. The van der Waals surface area contributed by atoms with Crippen LogP contribution in [0.25, 0.3) is 22.5 Å². The van der Waals surface area contributed by atoms with E-state index in [-0.39, 0.29) is 6.54 Å². The van der Waals surface area contributed by atoms with Crippen LogP contribution in [0.1, 0.15) is 17.2 Å². The van der Waals surface area contributed by atoms with Gasteiger partial charge in [0.25, 0.3) is 0 Å². The Bertz CT molecular complexity index is 1280. The number of nitriles is 1. The van der Waals surface area contributed by atoms with Gasteiger partial charge in [-0.25, -0.2) is 4.68 Å². The van der Waals surface area contributed by atoms with Gasteiger partial charge in [0.15, 0.2) is 0 Å². The minimum atomic E-state index is -0.769. The molecule has 2 aromatic carbocycles. The van der Waals surface area contributed by atoms with E-state index in [1.165, 1.54) is 0 Å². The third-order valence-electron chi connectivity index (χ3n) is 4.97. The van der Waals surface area contributed by atoms with E-state index in [0.717, 1.165) is 11.3 Å². The second kappa shape index (κ2) is 9.20. The van der Waals surface area contributed by atoms with Crippen molar-refractivity contribution in [2.75, 3.05) is 6.54 Å². The van der Waals surface area contributed by atoms with E-state index in [2.05, 4.69) is 16.2 Å². The molecule has 0 saturated heterocycles. The lowest BCUT2D eigenvalue weighted by molar-refractivity contribution is 0.186. The van der Waals surface area contributed by atoms with Crippen molar-refractivity contribution in [1.29, 1.82) is 5.26 Å². The van der Waals surface area contributed by atoms with Crippen LogP contribution in [-0.4, -0.2) is 26.4 Å². The van der Waals surface area contributed by atoms with Crippen LogP contribution in [0.5, 0.6) is 11.6 Å². The van der Waals surface area contributed by atoms with Crippen LogP contribution < -0.4 is 10.5 Å². The van der Waals surface area contributed by atoms with Crippen LogP contribution >= 0.6 is 11.6 Å². The summed E-state index contributed by atoms with van der Waals surface area (Å²) in [6.07, 6.45) is 0.811. The van der Waals surface area contributed by atoms with E-state index in [9.17, 15) is 10.4 Å². The average molecular weight is 446 g/mol. The summed E-state index contributed by atoms with van der Waals surface area (Å²) in [6, 6.07) is 20.0. The number of aliphatic hydroxyl groups excluding tert-OH is 1. The highest BCUT2D eigenvalue weighted by molar-refractivity contribution is 6.30. The molecule has 0 radical (unpaired) electrons. The lowest BCUT2D eigenvalue weighted by Crippen LogP contribution is -2.11. The molecule has 0 fully saturated rings. The second-order valence-corrected chi connectivity index (χ2v) is 7.59. The predicted molar refractivity (Wildman–Crippen MR) is 122 cm³/mol. The van der Waals surface area contributed by atoms with Crippen LogP contribution in [-0.2, 0) is 7.05 Å². The van der Waals surface area contributed by atoms with Gasteiger partial charge in [-0.3, -0.25) is 4.98 Å². The first-order valence-electron chi connectivity index (χ1n) is 9.85. The molecule has 8 heteroatoms. The molecular formula is C24H20ClN5O2. The van der Waals surface area contributed by atoms with Crippen LogP contribution in [0.4, 0.5) is 0 Å². The van der Waals surface area contributed by atoms with Crippen molar-refractivity contribution in [1.82, 2.24) is 14.8 Å². The number of aromatic nitrogens is 3. The first kappa shape index (κ1) is 21.5. The van der Waals surface area contributed by atoms with Crippen LogP contribution in [0.2, 0.25) is 5.02 Å². The molecule has 4 aromatic rings. The van der Waals surface area contributed by atoms with Crippen molar-refractivity contribution in [2.24, 2.45) is 12.8 Å². The summed E-state index contributed by atoms with van der Waals surface area (Å²) >= 11 is 5.98. The van der Waals surface area contributed by atoms with Crippen LogP contribution in [0.3, 0.4) is 0 Å². The lowest BCUT2D eigenvalue weighted by Gasteiger charge is -2.12. The van der Waals surface area contributed by atoms with E-state index in [4.69, 9.17) is 22.1 Å². The maximum absolute atomic E-state index is 9.91. The van der Waals surface area contributed by atoms with Gasteiger partial charge in [0.05, 0.1) is 29.1 Å². The van der Waals surface area contributed by atoms with Crippen molar-refractivity contribution in [3.8, 4) is 40.2 Å². The number of aryl methyl sites for hydroxylation is 1. The molecule has 2 heterocycles. The van der Waals surface area contributed by atoms with Gasteiger partial charge in [-0.05, 0) is 36.4 Å². The number of nitrogens with zero attached hydrogens (tertiary/aromatic N) is 4. The maximum Gasteiger partial charge on any atom is 0.218 e. The number of hydrogen-bond acceptors (Lipinski definition) is 6. The monoisotopic (exact) mass is 445 g/mol. The quantitative estimate of drug-likeness (QED) is 0.453. The Hall–Kier alpha value is -3.70. The largest absolute Gasteiger partial charge is 0.439 e. The van der Waals surface area contributed by atoms with Crippen molar-refractivity contribution in [3.63, 3.8) is 0 Å². The second-order valence-electron chi connectivity index (χ2n) is 7.15. The topological polar surface area (TPSA) is 110 Å². The zero-order valence-corrected chi connectivity index (χ0v) is 18.0. The van der Waals surface area contributed by atoms with Crippen molar-refractivity contribution in [2.45, 2.75) is 6.10 Å². The van der Waals surface area contributed by atoms with Gasteiger partial charge in [0.2, 0.25) is 5.88 Å². The SMILES string of the molecule is Cn1nc(-c2ccc(Cl)cc2)cc1Oc1cc(C#N)ccc1-c1ccc([C@@H](O)CN)cn1. The highest BCUT2D eigenvalue weighted by atomic mass is 35.5. The Morgan fingerprint density at radius 1 is 1.12 bits per heavy atom. The number of aliphatic hydroxyl groups is 1. The first-order chi connectivity index (χ1) is 15.5. The summed E-state index contributed by atoms with van der Waals surface area (Å²) in [5.74, 6) is 0.968. The van der Waals surface area contributed by atoms with Crippen LogP contribution in [0.15, 0.2) is 66.9 Å². The minimum Gasteiger partial charge on any atom is -0.439 e. The molecule has 0 amide bonds. The van der Waals surface area contributed by atoms with Gasteiger partial charge >= 0.3 is 0 Å². The van der Waals surface area contributed by atoms with Gasteiger partial charge in [-0.2, -0.15) is 10.4 Å². The van der Waals surface area contributed by atoms with Gasteiger partial charge in [-0.1, -0.05) is 29.8 Å². The number of halogens is 1. The molecule has 1 atom stereocenters. The molecule has 0 bridgehead atoms. The van der Waals surface area contributed by atoms with Gasteiger partial charge in [0.1, 0.15) is 5.75 Å². The fourth-order valence-corrected chi connectivity index (χ4v) is 3.33. The zero-order valence-electron chi connectivity index (χ0n) is 17.2. The first-order valence-corrected chi connectivity index (χ1v) is 10.2. The van der Waals surface area contributed by atoms with Gasteiger partial charge in [0, 0.05) is 47.6 Å². The fourth-order valence-electron chi connectivity index (χ4n) is 3.21. The zero-order chi connectivity index (χ0) is 22.7. The number of benzene rings is 2. The Morgan fingerprint density at radius 2 is 1.91 bits per heavy atom. The molecule has 0 aliphatic rings. The van der Waals surface area contributed by atoms with E-state index in [0.29, 0.717) is 39.0 Å². The normalized spacial score (nSPS) is 11.7. The predicted octanol–water partition coefficient (Wildman–Crippen LogP) is 4.46. The molecule has 7 nitrogen and oxygen atoms in total. The third kappa shape index (κ3) is 4.48. The Kier molecular flexibility index (Phi) is 6.19. The molecular weight excluding hydrogens is 426 g/mol. The highest BCUT2D eigenvalue weighted by Gasteiger charge is 2.15. The van der Waals surface area contributed by atoms with Crippen molar-refractivity contribution in [3.05, 3.63) is 83.0 Å². The van der Waals surface area contributed by atoms with Gasteiger partial charge in [-0.15, -0.1) is 0 Å². The standard InChI is InChI=1S/C24H20ClN5O2/c1-30-24(11-21(29-30)16-3-6-18(25)7-4-16)32-23-10-15(12-26)2-8-19(23)20-9-5-17(14-28-20)22(31)13-27/h2-11,14,22,31H,13,27H2,1H3/t22-/m0/s1. The molecule has 32 heavy (non-hydrogen) atoms. The highest BCUT2D eigenvalue weighted by Crippen LogP contribution is 2.35. The van der Waals surface area contributed by atoms with Gasteiger partial charge < -0.3 is 15.6 Å².